The number of hydrazone groups is 1. The van der Waals surface area contributed by atoms with Crippen LogP contribution in [0.15, 0.2) is 53.6 Å². The maximum atomic E-state index is 12.1. The van der Waals surface area contributed by atoms with Crippen LogP contribution in [0.2, 0.25) is 5.02 Å². The molecule has 0 aromatic heterocycles. The van der Waals surface area contributed by atoms with Gasteiger partial charge in [-0.2, -0.15) is 5.10 Å². The third-order valence-corrected chi connectivity index (χ3v) is 2.92. The number of nitrogens with zero attached hydrogens (tertiary/aromatic N) is 1. The number of thiocarbonyl (C=S) groups is 1. The predicted octanol–water partition coefficient (Wildman–Crippen LogP) is 2.73. The lowest BCUT2D eigenvalue weighted by Crippen LogP contribution is -2.24. The molecule has 0 atom stereocenters. The van der Waals surface area contributed by atoms with E-state index < -0.39 is 5.97 Å². The second-order valence-corrected chi connectivity index (χ2v) is 5.04. The summed E-state index contributed by atoms with van der Waals surface area (Å²) < 4.78 is 5.36. The summed E-state index contributed by atoms with van der Waals surface area (Å²) in [7, 11) is 0. The van der Waals surface area contributed by atoms with E-state index >= 15 is 0 Å². The number of carbonyl (C=O) groups is 1. The van der Waals surface area contributed by atoms with Gasteiger partial charge in [0.2, 0.25) is 0 Å². The number of hydrogen-bond donors (Lipinski definition) is 2. The van der Waals surface area contributed by atoms with Gasteiger partial charge in [-0.3, -0.25) is 5.43 Å². The van der Waals surface area contributed by atoms with Crippen molar-refractivity contribution in [3.63, 3.8) is 0 Å². The fourth-order valence-electron chi connectivity index (χ4n) is 1.59. The van der Waals surface area contributed by atoms with Crippen molar-refractivity contribution in [3.8, 4) is 5.75 Å². The van der Waals surface area contributed by atoms with E-state index in [1.165, 1.54) is 6.21 Å². The van der Waals surface area contributed by atoms with Gasteiger partial charge in [-0.05, 0) is 48.6 Å². The monoisotopic (exact) mass is 333 g/mol. The van der Waals surface area contributed by atoms with E-state index in [-0.39, 0.29) is 5.11 Å². The van der Waals surface area contributed by atoms with Crippen LogP contribution in [0.3, 0.4) is 0 Å². The number of esters is 1. The van der Waals surface area contributed by atoms with Crippen molar-refractivity contribution in [3.05, 3.63) is 64.7 Å². The van der Waals surface area contributed by atoms with Crippen molar-refractivity contribution in [1.82, 2.24) is 5.43 Å². The van der Waals surface area contributed by atoms with Crippen molar-refractivity contribution in [1.29, 1.82) is 0 Å². The molecule has 22 heavy (non-hydrogen) atoms. The maximum absolute atomic E-state index is 12.1. The third kappa shape index (κ3) is 4.54. The van der Waals surface area contributed by atoms with E-state index in [1.807, 2.05) is 0 Å². The summed E-state index contributed by atoms with van der Waals surface area (Å²) in [5.74, 6) is -0.115. The van der Waals surface area contributed by atoms with E-state index in [9.17, 15) is 4.79 Å². The summed E-state index contributed by atoms with van der Waals surface area (Å²) in [6, 6.07) is 13.4. The van der Waals surface area contributed by atoms with Crippen LogP contribution >= 0.6 is 23.8 Å². The van der Waals surface area contributed by atoms with Crippen molar-refractivity contribution in [2.75, 3.05) is 0 Å². The molecule has 0 aliphatic carbocycles. The molecule has 2 aromatic rings. The Morgan fingerprint density at radius 2 is 1.91 bits per heavy atom. The number of carbonyl (C=O) groups excluding carboxylic acids is 1. The zero-order valence-corrected chi connectivity index (χ0v) is 12.9. The minimum Gasteiger partial charge on any atom is -0.422 e. The number of nitrogens with two attached hydrogens (primary N) is 1. The van der Waals surface area contributed by atoms with Crippen LogP contribution in [-0.2, 0) is 0 Å². The fraction of sp³-hybridized carbons (Fsp3) is 0. The molecule has 112 valence electrons. The molecule has 0 heterocycles. The Morgan fingerprint density at radius 1 is 1.23 bits per heavy atom. The van der Waals surface area contributed by atoms with Gasteiger partial charge in [0.1, 0.15) is 5.75 Å². The Hall–Kier alpha value is -2.44. The Labute approximate surface area is 137 Å². The Balaban J connectivity index is 2.15. The lowest BCUT2D eigenvalue weighted by Gasteiger charge is -2.07. The van der Waals surface area contributed by atoms with Crippen LogP contribution in [0.5, 0.6) is 5.75 Å². The van der Waals surface area contributed by atoms with Gasteiger partial charge in [0, 0.05) is 10.6 Å². The van der Waals surface area contributed by atoms with Gasteiger partial charge in [0.25, 0.3) is 0 Å². The minimum absolute atomic E-state index is 0.0480. The third-order valence-electron chi connectivity index (χ3n) is 2.58. The standard InChI is InChI=1S/C15H12ClN3O2S/c16-12-7-5-10(6-8-12)14(20)21-13-4-2-1-3-11(13)9-18-19-15(17)22/h1-9H,(H3,17,19,22). The van der Waals surface area contributed by atoms with E-state index in [4.69, 9.17) is 22.1 Å². The lowest BCUT2D eigenvalue weighted by molar-refractivity contribution is 0.0734. The number of halogens is 1. The first kappa shape index (κ1) is 15.9. The summed E-state index contributed by atoms with van der Waals surface area (Å²) in [5, 5.41) is 4.44. The average Bonchev–Trinajstić information content (AvgIpc) is 2.49. The summed E-state index contributed by atoms with van der Waals surface area (Å²) >= 11 is 10.4. The number of rotatable bonds is 4. The summed E-state index contributed by atoms with van der Waals surface area (Å²) in [6.45, 7) is 0. The van der Waals surface area contributed by atoms with E-state index in [0.29, 0.717) is 21.9 Å². The molecule has 2 aromatic carbocycles. The summed E-state index contributed by atoms with van der Waals surface area (Å²) in [4.78, 5) is 12.1. The normalized spacial score (nSPS) is 10.4. The highest BCUT2D eigenvalue weighted by Gasteiger charge is 2.10. The van der Waals surface area contributed by atoms with Crippen molar-refractivity contribution in [2.24, 2.45) is 10.8 Å². The molecule has 0 aliphatic rings. The molecule has 0 unspecified atom stereocenters. The van der Waals surface area contributed by atoms with Crippen LogP contribution < -0.4 is 15.9 Å². The van der Waals surface area contributed by atoms with E-state index in [1.54, 1.807) is 48.5 Å². The number of benzene rings is 2. The lowest BCUT2D eigenvalue weighted by atomic mass is 10.2. The quantitative estimate of drug-likeness (QED) is 0.296. The van der Waals surface area contributed by atoms with E-state index in [0.717, 1.165) is 0 Å². The maximum Gasteiger partial charge on any atom is 0.343 e. The molecule has 2 rings (SSSR count). The van der Waals surface area contributed by atoms with E-state index in [2.05, 4.69) is 22.7 Å². The SMILES string of the molecule is NC(=S)NN=Cc1ccccc1OC(=O)c1ccc(Cl)cc1. The smallest absolute Gasteiger partial charge is 0.343 e. The molecule has 0 amide bonds. The van der Waals surface area contributed by atoms with Crippen LogP contribution in [0.4, 0.5) is 0 Å². The summed E-state index contributed by atoms with van der Waals surface area (Å²) in [5.41, 5.74) is 8.72. The highest BCUT2D eigenvalue weighted by atomic mass is 35.5. The topological polar surface area (TPSA) is 76.7 Å². The minimum atomic E-state index is -0.486. The van der Waals surface area contributed by atoms with Gasteiger partial charge in [-0.1, -0.05) is 23.7 Å². The second-order valence-electron chi connectivity index (χ2n) is 4.17. The van der Waals surface area contributed by atoms with Gasteiger partial charge in [-0.15, -0.1) is 0 Å². The molecular formula is C15H12ClN3O2S. The van der Waals surface area contributed by atoms with Crippen molar-refractivity contribution in [2.45, 2.75) is 0 Å². The molecule has 7 heteroatoms. The number of ether oxygens (including phenoxy) is 1. The first-order chi connectivity index (χ1) is 10.6. The van der Waals surface area contributed by atoms with Crippen LogP contribution in [-0.4, -0.2) is 17.3 Å². The molecule has 0 aliphatic heterocycles. The van der Waals surface area contributed by atoms with Gasteiger partial charge in [0.05, 0.1) is 11.8 Å². The van der Waals surface area contributed by atoms with Crippen LogP contribution in [0.25, 0.3) is 0 Å². The Morgan fingerprint density at radius 3 is 2.59 bits per heavy atom. The van der Waals surface area contributed by atoms with Gasteiger partial charge in [0.15, 0.2) is 5.11 Å². The molecule has 0 saturated carbocycles. The molecule has 0 bridgehead atoms. The zero-order chi connectivity index (χ0) is 15.9. The van der Waals surface area contributed by atoms with Gasteiger partial charge >= 0.3 is 5.97 Å². The number of para-hydroxylation sites is 1. The van der Waals surface area contributed by atoms with Gasteiger partial charge < -0.3 is 10.5 Å². The Kier molecular flexibility index (Phi) is 5.46. The largest absolute Gasteiger partial charge is 0.422 e. The molecule has 0 fully saturated rings. The average molecular weight is 334 g/mol. The molecule has 0 saturated heterocycles. The fourth-order valence-corrected chi connectivity index (χ4v) is 1.77. The molecule has 0 radical (unpaired) electrons. The Bertz CT molecular complexity index is 717. The summed E-state index contributed by atoms with van der Waals surface area (Å²) in [6.07, 6.45) is 1.46. The molecule has 5 nitrogen and oxygen atoms in total. The first-order valence-corrected chi connectivity index (χ1v) is 7.00. The van der Waals surface area contributed by atoms with Crippen molar-refractivity contribution >= 4 is 41.1 Å². The number of nitrogens with one attached hydrogen (secondary N) is 1. The second kappa shape index (κ2) is 7.53. The molecule has 0 spiro atoms. The van der Waals surface area contributed by atoms with Crippen LogP contribution in [0, 0.1) is 0 Å². The highest BCUT2D eigenvalue weighted by Crippen LogP contribution is 2.18. The first-order valence-electron chi connectivity index (χ1n) is 6.21. The molecule has 3 N–H and O–H groups in total. The predicted molar refractivity (Wildman–Crippen MR) is 90.4 cm³/mol. The highest BCUT2D eigenvalue weighted by molar-refractivity contribution is 7.80. The van der Waals surface area contributed by atoms with Crippen LogP contribution in [0.1, 0.15) is 15.9 Å². The number of hydrogen-bond acceptors (Lipinski definition) is 4. The van der Waals surface area contributed by atoms with Crippen molar-refractivity contribution < 1.29 is 9.53 Å². The molecular weight excluding hydrogens is 322 g/mol. The van der Waals surface area contributed by atoms with Gasteiger partial charge in [-0.25, -0.2) is 4.79 Å². The zero-order valence-electron chi connectivity index (χ0n) is 11.3.